The number of likely N-dealkylation sites (N-methyl/N-ethyl adjacent to an activating group) is 1. The lowest BCUT2D eigenvalue weighted by molar-refractivity contribution is -0.162. The first kappa shape index (κ1) is 51.5. The van der Waals surface area contributed by atoms with E-state index in [1.807, 2.05) is 44.2 Å². The Morgan fingerprint density at radius 3 is 2.37 bits per heavy atom. The summed E-state index contributed by atoms with van der Waals surface area (Å²) in [6, 6.07) is 6.04. The molecule has 4 amide bonds. The molecule has 0 aliphatic carbocycles. The highest BCUT2D eigenvalue weighted by Crippen LogP contribution is 2.24. The van der Waals surface area contributed by atoms with Crippen LogP contribution in [0.5, 0.6) is 0 Å². The van der Waals surface area contributed by atoms with E-state index in [1.54, 1.807) is 58.9 Å². The highest BCUT2D eigenvalue weighted by atomic mass is 16.7. The van der Waals surface area contributed by atoms with Crippen LogP contribution in [0.3, 0.4) is 0 Å². The summed E-state index contributed by atoms with van der Waals surface area (Å²) in [4.78, 5) is 73.2. The Bertz CT molecular complexity index is 1650. The van der Waals surface area contributed by atoms with Gasteiger partial charge in [-0.05, 0) is 56.6 Å². The van der Waals surface area contributed by atoms with Crippen molar-refractivity contribution >= 4 is 29.6 Å². The number of nitrogens with one attached hydrogen (secondary N) is 3. The molecule has 334 valence electrons. The van der Waals surface area contributed by atoms with Crippen LogP contribution < -0.4 is 16.1 Å². The summed E-state index contributed by atoms with van der Waals surface area (Å²) in [5, 5.41) is 40.7. The Morgan fingerprint density at radius 2 is 1.73 bits per heavy atom. The van der Waals surface area contributed by atoms with Crippen molar-refractivity contribution in [1.29, 1.82) is 0 Å². The lowest BCUT2D eigenvalue weighted by atomic mass is 9.84. The van der Waals surface area contributed by atoms with Crippen LogP contribution in [0.4, 0.5) is 0 Å². The van der Waals surface area contributed by atoms with E-state index in [-0.39, 0.29) is 32.2 Å². The molecular formula is C45H69N5O10. The zero-order valence-electron chi connectivity index (χ0n) is 36.7. The Hall–Kier alpha value is -4.67. The number of ether oxygens (including phenoxy) is 1. The highest BCUT2D eigenvalue weighted by molar-refractivity contribution is 5.93. The van der Waals surface area contributed by atoms with Crippen LogP contribution in [0.25, 0.3) is 0 Å². The molecule has 60 heavy (non-hydrogen) atoms. The third kappa shape index (κ3) is 16.4. The van der Waals surface area contributed by atoms with Crippen LogP contribution in [-0.2, 0) is 40.0 Å². The third-order valence-electron chi connectivity index (χ3n) is 10.5. The molecule has 2 aliphatic rings. The second-order valence-corrected chi connectivity index (χ2v) is 15.4. The number of hydrogen-bond donors (Lipinski definition) is 6. The molecule has 2 heterocycles. The zero-order chi connectivity index (χ0) is 44.9. The first-order chi connectivity index (χ1) is 28.5. The summed E-state index contributed by atoms with van der Waals surface area (Å²) in [5.41, 5.74) is 4.42. The summed E-state index contributed by atoms with van der Waals surface area (Å²) in [7, 11) is 2.84. The number of carbonyl (C=O) groups is 5. The highest BCUT2D eigenvalue weighted by Gasteiger charge is 2.38. The van der Waals surface area contributed by atoms with Gasteiger partial charge in [0.15, 0.2) is 0 Å². The maximum absolute atomic E-state index is 14.3. The number of aliphatic hydroxyl groups is 3. The van der Waals surface area contributed by atoms with E-state index in [1.165, 1.54) is 37.4 Å². The van der Waals surface area contributed by atoms with E-state index in [0.717, 1.165) is 10.6 Å². The molecular weight excluding hydrogens is 771 g/mol. The quantitative estimate of drug-likeness (QED) is 0.0871. The Labute approximate surface area is 355 Å². The number of amides is 4. The first-order valence-electron chi connectivity index (χ1n) is 21.0. The Balaban J connectivity index is 0.00000610. The van der Waals surface area contributed by atoms with Crippen molar-refractivity contribution in [2.24, 2.45) is 17.8 Å². The standard InChI is InChI=1S/C43H63N5O10.C2H6/c1-27(2)38-41(54)44-34(26-31-17-10-8-11-18-31)42(55)48-25-15-19-33(46-48)43(56)58-36(28(3)16-14-22-37(51)47(6)57-7)21-13-9-12-20-35(50)30(5)39(52)32(40(53)45-38)24-23-29(4)49;1-2/h8-14,16-18,20,22,27,29-30,32-36,38-39,46,49-50,52H,15,19,21,23-26H2,1-7H3,(H,44,54)(H,45,53);1-2H3/b13-9+,20-12+,22-14+,28-16+;/t29?,30?,32?,33?,34?,35-,36-,38?,39?;/m0./s1. The van der Waals surface area contributed by atoms with Gasteiger partial charge in [0.05, 0.1) is 31.3 Å². The number of esters is 1. The number of hydroxylamine groups is 2. The van der Waals surface area contributed by atoms with Gasteiger partial charge in [-0.15, -0.1) is 0 Å². The van der Waals surface area contributed by atoms with Gasteiger partial charge in [0, 0.05) is 38.4 Å². The molecule has 0 spiro atoms. The molecule has 15 nitrogen and oxygen atoms in total. The van der Waals surface area contributed by atoms with Crippen molar-refractivity contribution in [1.82, 2.24) is 26.1 Å². The fraction of sp³-hybridized carbons (Fsp3) is 0.578. The molecule has 2 aliphatic heterocycles. The Morgan fingerprint density at radius 1 is 1.05 bits per heavy atom. The summed E-state index contributed by atoms with van der Waals surface area (Å²) in [5.74, 6) is -5.09. The van der Waals surface area contributed by atoms with Crippen molar-refractivity contribution in [3.8, 4) is 0 Å². The van der Waals surface area contributed by atoms with E-state index < -0.39 is 89.9 Å². The van der Waals surface area contributed by atoms with Gasteiger partial charge >= 0.3 is 5.97 Å². The molecule has 1 aromatic carbocycles. The molecule has 1 aromatic rings. The molecule has 0 radical (unpaired) electrons. The van der Waals surface area contributed by atoms with Gasteiger partial charge < -0.3 is 30.7 Å². The third-order valence-corrected chi connectivity index (χ3v) is 10.5. The average Bonchev–Trinajstić information content (AvgIpc) is 3.24. The second-order valence-electron chi connectivity index (χ2n) is 15.4. The van der Waals surface area contributed by atoms with Gasteiger partial charge in [-0.2, -0.15) is 0 Å². The molecule has 15 heteroatoms. The van der Waals surface area contributed by atoms with E-state index >= 15 is 0 Å². The minimum Gasteiger partial charge on any atom is -0.456 e. The van der Waals surface area contributed by atoms with E-state index in [2.05, 4.69) is 16.1 Å². The van der Waals surface area contributed by atoms with E-state index in [9.17, 15) is 39.3 Å². The normalized spacial score (nSPS) is 28.2. The van der Waals surface area contributed by atoms with Crippen LogP contribution in [0.1, 0.15) is 86.1 Å². The molecule has 7 unspecified atom stereocenters. The first-order valence-corrected chi connectivity index (χ1v) is 21.0. The summed E-state index contributed by atoms with van der Waals surface area (Å²) in [6.45, 7) is 12.7. The minimum atomic E-state index is -1.36. The smallest absolute Gasteiger partial charge is 0.325 e. The predicted octanol–water partition coefficient (Wildman–Crippen LogP) is 3.46. The van der Waals surface area contributed by atoms with Crippen molar-refractivity contribution in [2.45, 2.75) is 130 Å². The zero-order valence-corrected chi connectivity index (χ0v) is 36.7. The number of allylic oxidation sites excluding steroid dienone is 4. The molecule has 1 saturated heterocycles. The molecule has 3 rings (SSSR count). The summed E-state index contributed by atoms with van der Waals surface area (Å²) >= 11 is 0. The van der Waals surface area contributed by atoms with E-state index in [4.69, 9.17) is 9.57 Å². The van der Waals surface area contributed by atoms with Crippen LogP contribution in [-0.4, -0.2) is 118 Å². The number of aliphatic hydroxyl groups excluding tert-OH is 3. The topological polar surface area (TPSA) is 207 Å². The molecule has 0 aromatic heterocycles. The van der Waals surface area contributed by atoms with Crippen LogP contribution >= 0.6 is 0 Å². The number of benzene rings is 1. The maximum atomic E-state index is 14.3. The van der Waals surface area contributed by atoms with Crippen molar-refractivity contribution in [2.75, 3.05) is 20.7 Å². The number of nitrogens with zero attached hydrogens (tertiary/aromatic N) is 2. The fourth-order valence-electron chi connectivity index (χ4n) is 6.62. The number of cyclic esters (lactones) is 1. The van der Waals surface area contributed by atoms with Crippen LogP contribution in [0, 0.1) is 17.8 Å². The second kappa shape index (κ2) is 26.5. The lowest BCUT2D eigenvalue weighted by Crippen LogP contribution is -2.62. The van der Waals surface area contributed by atoms with Crippen molar-refractivity contribution in [3.05, 3.63) is 84.0 Å². The van der Waals surface area contributed by atoms with Gasteiger partial charge in [-0.1, -0.05) is 101 Å². The maximum Gasteiger partial charge on any atom is 0.325 e. The number of carbonyl (C=O) groups excluding carboxylic acids is 5. The summed E-state index contributed by atoms with van der Waals surface area (Å²) in [6.07, 6.45) is 8.27. The Kier molecular flexibility index (Phi) is 22.8. The number of rotatable bonds is 10. The van der Waals surface area contributed by atoms with Gasteiger partial charge in [0.25, 0.3) is 11.8 Å². The molecule has 2 bridgehead atoms. The van der Waals surface area contributed by atoms with Crippen molar-refractivity contribution < 1.29 is 48.9 Å². The van der Waals surface area contributed by atoms with Crippen molar-refractivity contribution in [3.63, 3.8) is 0 Å². The van der Waals surface area contributed by atoms with E-state index in [0.29, 0.717) is 18.4 Å². The number of fused-ring (bicyclic) bond motifs is 2. The molecule has 9 atom stereocenters. The SMILES string of the molecule is CC.CON(C)C(=O)/C=C/C=C(\C)[C@@H]1C/C=C/C=C/[C@H](O)C(C)C(O)C(CCC(C)O)C(=O)NC(C(C)C)C(=O)NC(Cc2ccccc2)C(=O)N2CCCC(N2)C(=O)O1. The minimum absolute atomic E-state index is 0.0775. The van der Waals surface area contributed by atoms with Gasteiger partial charge in [-0.3, -0.25) is 33.8 Å². The predicted molar refractivity (Wildman–Crippen MR) is 229 cm³/mol. The number of hydrazine groups is 1. The largest absolute Gasteiger partial charge is 0.456 e. The monoisotopic (exact) mass is 840 g/mol. The average molecular weight is 840 g/mol. The molecule has 1 fully saturated rings. The lowest BCUT2D eigenvalue weighted by Gasteiger charge is -2.36. The molecule has 0 saturated carbocycles. The van der Waals surface area contributed by atoms with Gasteiger partial charge in [-0.25, -0.2) is 10.5 Å². The van der Waals surface area contributed by atoms with Gasteiger partial charge in [0.1, 0.15) is 24.2 Å². The van der Waals surface area contributed by atoms with Crippen LogP contribution in [0.2, 0.25) is 0 Å². The molecule has 6 N–H and O–H groups in total. The van der Waals surface area contributed by atoms with Crippen LogP contribution in [0.15, 0.2) is 78.4 Å². The fourth-order valence-corrected chi connectivity index (χ4v) is 6.62. The summed E-state index contributed by atoms with van der Waals surface area (Å²) < 4.78 is 6.02. The number of hydrogen-bond acceptors (Lipinski definition) is 11. The van der Waals surface area contributed by atoms with Gasteiger partial charge in [0.2, 0.25) is 11.8 Å².